The van der Waals surface area contributed by atoms with Crippen LogP contribution >= 0.6 is 11.6 Å². The summed E-state index contributed by atoms with van der Waals surface area (Å²) in [4.78, 5) is 11.1. The third-order valence-electron chi connectivity index (χ3n) is 3.22. The van der Waals surface area contributed by atoms with E-state index < -0.39 is 0 Å². The van der Waals surface area contributed by atoms with Crippen molar-refractivity contribution in [1.82, 2.24) is 0 Å². The van der Waals surface area contributed by atoms with Crippen LogP contribution in [0.15, 0.2) is 12.2 Å². The van der Waals surface area contributed by atoms with Gasteiger partial charge in [-0.05, 0) is 29.4 Å². The number of carbonyl (C=O) groups is 1. The van der Waals surface area contributed by atoms with Gasteiger partial charge in [-0.1, -0.05) is 45.8 Å². The van der Waals surface area contributed by atoms with Crippen molar-refractivity contribution < 1.29 is 4.79 Å². The lowest BCUT2D eigenvalue weighted by Gasteiger charge is -1.96. The first-order chi connectivity index (χ1) is 6.51. The standard InChI is InChI=1S/C12H19ClO/c1-4-5-6-7-8-9-10(11(13)14)12(9,2)3/h7-10H,4-6H2,1-3H3/b8-7+. The Bertz CT molecular complexity index is 243. The molecule has 0 aromatic rings. The Labute approximate surface area is 91.5 Å². The number of carbonyl (C=O) groups excluding carboxylic acids is 1. The Morgan fingerprint density at radius 3 is 2.57 bits per heavy atom. The maximum absolute atomic E-state index is 11.1. The predicted octanol–water partition coefficient (Wildman–Crippen LogP) is 3.77. The molecule has 0 amide bonds. The maximum Gasteiger partial charge on any atom is 0.225 e. The Morgan fingerprint density at radius 2 is 2.14 bits per heavy atom. The first-order valence-electron chi connectivity index (χ1n) is 5.37. The molecule has 0 spiro atoms. The maximum atomic E-state index is 11.1. The zero-order valence-electron chi connectivity index (χ0n) is 9.22. The van der Waals surface area contributed by atoms with Crippen LogP contribution in [0.4, 0.5) is 0 Å². The molecule has 0 radical (unpaired) electrons. The quantitative estimate of drug-likeness (QED) is 0.387. The molecule has 0 aromatic carbocycles. The Hall–Kier alpha value is -0.300. The number of hydrogen-bond acceptors (Lipinski definition) is 1. The summed E-state index contributed by atoms with van der Waals surface area (Å²) in [5.41, 5.74) is 0.0849. The molecule has 1 fully saturated rings. The molecule has 80 valence electrons. The van der Waals surface area contributed by atoms with Crippen LogP contribution < -0.4 is 0 Å². The zero-order valence-corrected chi connectivity index (χ0v) is 9.97. The molecule has 1 aliphatic rings. The van der Waals surface area contributed by atoms with E-state index in [1.54, 1.807) is 0 Å². The number of allylic oxidation sites excluding steroid dienone is 2. The molecule has 0 aromatic heterocycles. The third kappa shape index (κ3) is 2.38. The molecule has 14 heavy (non-hydrogen) atoms. The van der Waals surface area contributed by atoms with Gasteiger partial charge in [-0.3, -0.25) is 4.79 Å². The first-order valence-corrected chi connectivity index (χ1v) is 5.75. The molecule has 0 bridgehead atoms. The summed E-state index contributed by atoms with van der Waals surface area (Å²) in [6, 6.07) is 0. The van der Waals surface area contributed by atoms with E-state index in [1.165, 1.54) is 12.8 Å². The Morgan fingerprint density at radius 1 is 1.50 bits per heavy atom. The second-order valence-corrected chi connectivity index (χ2v) is 5.07. The van der Waals surface area contributed by atoms with Crippen LogP contribution in [0.25, 0.3) is 0 Å². The van der Waals surface area contributed by atoms with E-state index in [2.05, 4.69) is 32.9 Å². The monoisotopic (exact) mass is 214 g/mol. The van der Waals surface area contributed by atoms with Crippen molar-refractivity contribution in [1.29, 1.82) is 0 Å². The lowest BCUT2D eigenvalue weighted by molar-refractivity contribution is -0.113. The van der Waals surface area contributed by atoms with E-state index in [4.69, 9.17) is 11.6 Å². The summed E-state index contributed by atoms with van der Waals surface area (Å²) in [5, 5.41) is -0.180. The van der Waals surface area contributed by atoms with Crippen molar-refractivity contribution >= 4 is 16.8 Å². The van der Waals surface area contributed by atoms with Gasteiger partial charge >= 0.3 is 0 Å². The second-order valence-electron chi connectivity index (χ2n) is 4.70. The lowest BCUT2D eigenvalue weighted by atomic mass is 10.1. The molecule has 1 aliphatic carbocycles. The zero-order chi connectivity index (χ0) is 10.8. The van der Waals surface area contributed by atoms with E-state index in [0.717, 1.165) is 6.42 Å². The van der Waals surface area contributed by atoms with Crippen molar-refractivity contribution in [2.75, 3.05) is 0 Å². The van der Waals surface area contributed by atoms with Crippen LogP contribution in [0.2, 0.25) is 0 Å². The van der Waals surface area contributed by atoms with Gasteiger partial charge in [-0.15, -0.1) is 0 Å². The highest BCUT2D eigenvalue weighted by Crippen LogP contribution is 2.59. The number of rotatable bonds is 5. The molecule has 2 heteroatoms. The van der Waals surface area contributed by atoms with Gasteiger partial charge in [-0.2, -0.15) is 0 Å². The average molecular weight is 215 g/mol. The van der Waals surface area contributed by atoms with Crippen molar-refractivity contribution in [2.45, 2.75) is 40.0 Å². The summed E-state index contributed by atoms with van der Waals surface area (Å²) >= 11 is 5.52. The van der Waals surface area contributed by atoms with Gasteiger partial charge in [0, 0.05) is 5.92 Å². The fraction of sp³-hybridized carbons (Fsp3) is 0.750. The molecule has 0 N–H and O–H groups in total. The van der Waals surface area contributed by atoms with Crippen molar-refractivity contribution in [2.24, 2.45) is 17.3 Å². The third-order valence-corrected chi connectivity index (χ3v) is 3.46. The predicted molar refractivity (Wildman–Crippen MR) is 60.3 cm³/mol. The number of unbranched alkanes of at least 4 members (excludes halogenated alkanes) is 2. The molecular formula is C12H19ClO. The molecule has 1 nitrogen and oxygen atoms in total. The van der Waals surface area contributed by atoms with Crippen LogP contribution in [-0.4, -0.2) is 5.24 Å². The molecule has 0 aliphatic heterocycles. The number of halogens is 1. The summed E-state index contributed by atoms with van der Waals surface area (Å²) in [6.45, 7) is 6.39. The number of hydrogen-bond donors (Lipinski definition) is 0. The van der Waals surface area contributed by atoms with Gasteiger partial charge in [0.05, 0.1) is 0 Å². The van der Waals surface area contributed by atoms with E-state index in [0.29, 0.717) is 5.92 Å². The highest BCUT2D eigenvalue weighted by Gasteiger charge is 2.59. The second kappa shape index (κ2) is 4.48. The minimum absolute atomic E-state index is 0.0436. The van der Waals surface area contributed by atoms with E-state index in [1.807, 2.05) is 0 Å². The van der Waals surface area contributed by atoms with Crippen molar-refractivity contribution in [3.63, 3.8) is 0 Å². The van der Waals surface area contributed by atoms with Gasteiger partial charge in [-0.25, -0.2) is 0 Å². The Balaban J connectivity index is 2.41. The summed E-state index contributed by atoms with van der Waals surface area (Å²) in [6.07, 6.45) is 7.92. The van der Waals surface area contributed by atoms with Crippen LogP contribution in [0.3, 0.4) is 0 Å². The molecule has 0 saturated heterocycles. The summed E-state index contributed by atoms with van der Waals surface area (Å²) in [7, 11) is 0. The van der Waals surface area contributed by atoms with Gasteiger partial charge in [0.25, 0.3) is 0 Å². The molecule has 1 saturated carbocycles. The summed E-state index contributed by atoms with van der Waals surface area (Å²) in [5.74, 6) is 0.409. The minimum Gasteiger partial charge on any atom is -0.281 e. The minimum atomic E-state index is -0.180. The van der Waals surface area contributed by atoms with Crippen molar-refractivity contribution in [3.8, 4) is 0 Å². The van der Waals surface area contributed by atoms with E-state index in [-0.39, 0.29) is 16.6 Å². The topological polar surface area (TPSA) is 17.1 Å². The SMILES string of the molecule is CCCC/C=C/C1C(C(=O)Cl)C1(C)C. The van der Waals surface area contributed by atoms with Crippen LogP contribution in [0.1, 0.15) is 40.0 Å². The van der Waals surface area contributed by atoms with Gasteiger partial charge in [0.2, 0.25) is 5.24 Å². The van der Waals surface area contributed by atoms with Gasteiger partial charge in [0.1, 0.15) is 0 Å². The highest BCUT2D eigenvalue weighted by atomic mass is 35.5. The van der Waals surface area contributed by atoms with Crippen LogP contribution in [-0.2, 0) is 4.79 Å². The van der Waals surface area contributed by atoms with Gasteiger partial charge < -0.3 is 0 Å². The molecular weight excluding hydrogens is 196 g/mol. The largest absolute Gasteiger partial charge is 0.281 e. The molecule has 0 heterocycles. The fourth-order valence-electron chi connectivity index (χ4n) is 2.04. The first kappa shape index (κ1) is 11.8. The van der Waals surface area contributed by atoms with Crippen LogP contribution in [0.5, 0.6) is 0 Å². The lowest BCUT2D eigenvalue weighted by Crippen LogP contribution is -1.96. The molecule has 2 atom stereocenters. The van der Waals surface area contributed by atoms with Crippen molar-refractivity contribution in [3.05, 3.63) is 12.2 Å². The smallest absolute Gasteiger partial charge is 0.225 e. The van der Waals surface area contributed by atoms with Gasteiger partial charge in [0.15, 0.2) is 0 Å². The summed E-state index contributed by atoms with van der Waals surface area (Å²) < 4.78 is 0. The normalized spacial score (nSPS) is 29.4. The molecule has 2 unspecified atom stereocenters. The fourth-order valence-corrected chi connectivity index (χ4v) is 2.45. The van der Waals surface area contributed by atoms with E-state index in [9.17, 15) is 4.79 Å². The Kier molecular flexibility index (Phi) is 3.77. The van der Waals surface area contributed by atoms with E-state index >= 15 is 0 Å². The highest BCUT2D eigenvalue weighted by molar-refractivity contribution is 6.64. The van der Waals surface area contributed by atoms with Crippen LogP contribution in [0, 0.1) is 17.3 Å². The average Bonchev–Trinajstić information content (AvgIpc) is 2.62. The molecule has 1 rings (SSSR count).